The molecule has 7 N–H and O–H groups in total. The average molecular weight is 970 g/mol. The molecule has 0 radical (unpaired) electrons. The fourth-order valence-electron chi connectivity index (χ4n) is 5.48. The van der Waals surface area contributed by atoms with Crippen LogP contribution < -0.4 is 45.4 Å². The van der Waals surface area contributed by atoms with E-state index in [1.807, 2.05) is 0 Å². The van der Waals surface area contributed by atoms with E-state index in [1.165, 1.54) is 52.4 Å². The van der Waals surface area contributed by atoms with Gasteiger partial charge in [0.25, 0.3) is 15.6 Å². The second-order valence-corrected chi connectivity index (χ2v) is 18.9. The van der Waals surface area contributed by atoms with Crippen LogP contribution in [0.3, 0.4) is 0 Å². The summed E-state index contributed by atoms with van der Waals surface area (Å²) in [6, 6.07) is 3.00. The summed E-state index contributed by atoms with van der Waals surface area (Å²) in [5.74, 6) is -1.37. The van der Waals surface area contributed by atoms with Gasteiger partial charge in [0.05, 0.1) is 41.6 Å². The topological polar surface area (TPSA) is 414 Å². The molecule has 2 aromatic heterocycles. The van der Waals surface area contributed by atoms with Crippen LogP contribution in [-0.2, 0) is 50.7 Å². The van der Waals surface area contributed by atoms with Gasteiger partial charge in [-0.15, -0.1) is 0 Å². The fraction of sp³-hybridized carbons (Fsp3) is 0.500. The molecule has 350 valence electrons. The third-order valence-electron chi connectivity index (χ3n) is 8.64. The number of ether oxygens (including phenoxy) is 3. The van der Waals surface area contributed by atoms with E-state index in [1.54, 1.807) is 0 Å². The summed E-state index contributed by atoms with van der Waals surface area (Å²) in [7, 11) is -15.0. The number of aliphatic hydroxyl groups excluding tert-OH is 2. The summed E-state index contributed by atoms with van der Waals surface area (Å²) < 4.78 is 70.8. The van der Waals surface area contributed by atoms with Crippen LogP contribution in [0, 0.1) is 5.41 Å². The van der Waals surface area contributed by atoms with Crippen LogP contribution in [-0.4, -0.2) is 122 Å². The Bertz CT molecular complexity index is 2270. The van der Waals surface area contributed by atoms with Crippen LogP contribution in [0.5, 0.6) is 17.2 Å². The van der Waals surface area contributed by atoms with E-state index in [0.29, 0.717) is 5.56 Å². The highest BCUT2D eigenvalue weighted by molar-refractivity contribution is 8.14. The van der Waals surface area contributed by atoms with Crippen LogP contribution in [0.25, 0.3) is 17.2 Å². The molecule has 4 rings (SSSR count). The Hall–Kier alpha value is -4.08. The first-order chi connectivity index (χ1) is 29.4. The van der Waals surface area contributed by atoms with Crippen molar-refractivity contribution in [3.8, 4) is 17.2 Å². The molecule has 3 heterocycles. The molecule has 1 aliphatic rings. The molecule has 1 aromatic carbocycles. The molecule has 0 bridgehead atoms. The molecule has 31 heteroatoms. The first-order valence-electron chi connectivity index (χ1n) is 18.0. The minimum Gasteiger partial charge on any atom is -0.790 e. The van der Waals surface area contributed by atoms with Crippen molar-refractivity contribution >= 4 is 75.2 Å². The molecule has 0 spiro atoms. The fourth-order valence-corrected chi connectivity index (χ4v) is 8.79. The van der Waals surface area contributed by atoms with Gasteiger partial charge in [-0.25, -0.2) is 19.3 Å². The molecular weight excluding hydrogens is 927 g/mol. The number of fused-ring (bicyclic) bond motifs is 1. The number of aliphatic hydroxyl groups is 2. The van der Waals surface area contributed by atoms with Gasteiger partial charge in [0.1, 0.15) is 36.3 Å². The van der Waals surface area contributed by atoms with E-state index in [-0.39, 0.29) is 64.6 Å². The lowest BCUT2D eigenvalue weighted by Crippen LogP contribution is -2.46. The maximum Gasteiger partial charge on any atom is 0.274 e. The molecule has 0 aliphatic carbocycles. The van der Waals surface area contributed by atoms with Crippen molar-refractivity contribution < 1.29 is 95.1 Å². The number of benzene rings is 1. The lowest BCUT2D eigenvalue weighted by Gasteiger charge is -2.36. The molecule has 27 nitrogen and oxygen atoms in total. The number of rotatable bonds is 23. The minimum absolute atomic E-state index is 0.0315. The van der Waals surface area contributed by atoms with Crippen molar-refractivity contribution in [3.63, 3.8) is 0 Å². The molecule has 63 heavy (non-hydrogen) atoms. The number of nitrogens with one attached hydrogen (secondary N) is 2. The molecule has 7 atom stereocenters. The average Bonchev–Trinajstić information content (AvgIpc) is 3.77. The summed E-state index contributed by atoms with van der Waals surface area (Å²) in [6.45, 7) is -0.146. The zero-order valence-electron chi connectivity index (χ0n) is 33.5. The normalized spacial score (nSPS) is 20.5. The number of nitrogen functional groups attached to an aromatic ring is 1. The Morgan fingerprint density at radius 2 is 1.68 bits per heavy atom. The van der Waals surface area contributed by atoms with Crippen LogP contribution in [0.4, 0.5) is 5.82 Å². The second-order valence-electron chi connectivity index (χ2n) is 13.8. The van der Waals surface area contributed by atoms with Gasteiger partial charge < -0.3 is 83.6 Å². The van der Waals surface area contributed by atoms with Crippen molar-refractivity contribution in [1.29, 1.82) is 0 Å². The molecule has 7 unspecified atom stereocenters. The minimum atomic E-state index is -5.94. The lowest BCUT2D eigenvalue weighted by atomic mass is 9.87. The number of carbonyl (C=O) groups excluding carboxylic acids is 3. The molecule has 3 aromatic rings. The van der Waals surface area contributed by atoms with Crippen molar-refractivity contribution in [2.24, 2.45) is 5.41 Å². The SMILES string of the molecule is COc1cc(/C=C/C(=O)SCCNC(=O)CCNC(=O)C(O)C(C)(C)COP(=O)([O-])OP(=O)([O-])OCC2OC(n3cnc4c(N)ncnc43)C(O)C2OP(=O)([O-])[O-])cc(OC)c1O. The van der Waals surface area contributed by atoms with Gasteiger partial charge in [0.2, 0.25) is 22.7 Å². The first-order valence-corrected chi connectivity index (χ1v) is 23.4. The number of aromatic hydroxyl groups is 1. The highest BCUT2D eigenvalue weighted by Gasteiger charge is 2.47. The number of phosphoric acid groups is 3. The lowest BCUT2D eigenvalue weighted by molar-refractivity contribution is -0.347. The van der Waals surface area contributed by atoms with E-state index >= 15 is 0 Å². The predicted molar refractivity (Wildman–Crippen MR) is 208 cm³/mol. The van der Waals surface area contributed by atoms with Crippen molar-refractivity contribution in [2.45, 2.75) is 50.9 Å². The molecule has 1 saturated heterocycles. The van der Waals surface area contributed by atoms with Crippen LogP contribution >= 0.6 is 35.2 Å². The number of amides is 2. The van der Waals surface area contributed by atoms with Gasteiger partial charge in [-0.05, 0) is 23.8 Å². The number of hydrogen-bond donors (Lipinski definition) is 6. The van der Waals surface area contributed by atoms with Crippen molar-refractivity contribution in [3.05, 3.63) is 36.4 Å². The molecule has 1 fully saturated rings. The van der Waals surface area contributed by atoms with Gasteiger partial charge in [-0.2, -0.15) is 0 Å². The predicted octanol–water partition coefficient (Wildman–Crippen LogP) is -2.43. The number of anilines is 1. The summed E-state index contributed by atoms with van der Waals surface area (Å²) in [5, 5.41) is 35.9. The van der Waals surface area contributed by atoms with E-state index < -0.39 is 84.6 Å². The molecular formula is C32H42N7O20P3S-4. The number of phenols is 1. The number of nitrogens with zero attached hydrogens (tertiary/aromatic N) is 4. The number of phenolic OH excluding ortho intramolecular Hbond substituents is 1. The van der Waals surface area contributed by atoms with E-state index in [4.69, 9.17) is 19.9 Å². The van der Waals surface area contributed by atoms with E-state index in [2.05, 4.69) is 43.5 Å². The maximum atomic E-state index is 12.6. The largest absolute Gasteiger partial charge is 0.790 e. The number of phosphoric ester groups is 3. The third kappa shape index (κ3) is 14.7. The van der Waals surface area contributed by atoms with E-state index in [9.17, 15) is 63.0 Å². The number of thioether (sulfide) groups is 1. The maximum absolute atomic E-state index is 12.6. The number of nitrogens with two attached hydrogens (primary N) is 1. The second kappa shape index (κ2) is 21.7. The monoisotopic (exact) mass is 969 g/mol. The van der Waals surface area contributed by atoms with Crippen LogP contribution in [0.15, 0.2) is 30.9 Å². The van der Waals surface area contributed by atoms with Gasteiger partial charge in [-0.1, -0.05) is 31.7 Å². The van der Waals surface area contributed by atoms with Gasteiger partial charge >= 0.3 is 0 Å². The number of carbonyl (C=O) groups is 3. The Labute approximate surface area is 361 Å². The number of hydrogen-bond acceptors (Lipinski definition) is 25. The Morgan fingerprint density at radius 1 is 1.03 bits per heavy atom. The third-order valence-corrected chi connectivity index (χ3v) is 12.5. The van der Waals surface area contributed by atoms with E-state index in [0.717, 1.165) is 29.0 Å². The quantitative estimate of drug-likeness (QED) is 0.0327. The van der Waals surface area contributed by atoms with Crippen molar-refractivity contribution in [1.82, 2.24) is 30.2 Å². The number of aromatic nitrogens is 4. The highest BCUT2D eigenvalue weighted by atomic mass is 32.2. The van der Waals surface area contributed by atoms with Gasteiger partial charge in [-0.3, -0.25) is 28.1 Å². The van der Waals surface area contributed by atoms with Crippen molar-refractivity contribution in [2.75, 3.05) is 52.0 Å². The van der Waals surface area contributed by atoms with Gasteiger partial charge in [0.15, 0.2) is 29.2 Å². The zero-order chi connectivity index (χ0) is 46.9. The standard InChI is InChI=1S/C32H46N7O20P3S/c1-32(2,27(44)30(45)35-8-7-21(40)34-9-10-63-22(41)6-5-17-11-18(53-3)24(42)19(12-17)54-4)14-56-62(51,52)59-61(49,50)55-13-20-26(58-60(46,47)48)25(43)31(57-20)39-16-38-23-28(33)36-15-37-29(23)39/h5-6,11-12,15-16,20,25-27,31,42-44H,7-10,13-14H2,1-4H3,(H,34,40)(H,35,45)(H,49,50)(H,51,52)(H2,33,36,37)(H2,46,47,48)/p-4/b6-5+. The summed E-state index contributed by atoms with van der Waals surface area (Å²) in [4.78, 5) is 96.7. The molecule has 2 amide bonds. The van der Waals surface area contributed by atoms with Crippen LogP contribution in [0.2, 0.25) is 0 Å². The van der Waals surface area contributed by atoms with Crippen LogP contribution in [0.1, 0.15) is 32.1 Å². The zero-order valence-corrected chi connectivity index (χ0v) is 37.0. The molecule has 0 saturated carbocycles. The number of imidazole rings is 1. The highest BCUT2D eigenvalue weighted by Crippen LogP contribution is 2.56. The van der Waals surface area contributed by atoms with Gasteiger partial charge in [0, 0.05) is 30.7 Å². The smallest absolute Gasteiger partial charge is 0.274 e. The number of methoxy groups -OCH3 is 2. The Kier molecular flexibility index (Phi) is 17.8. The Morgan fingerprint density at radius 3 is 2.32 bits per heavy atom. The molecule has 1 aliphatic heterocycles. The summed E-state index contributed by atoms with van der Waals surface area (Å²) in [6.07, 6.45) is -4.99. The summed E-state index contributed by atoms with van der Waals surface area (Å²) >= 11 is 0.902. The first kappa shape index (κ1) is 51.6. The Balaban J connectivity index is 1.20. The summed E-state index contributed by atoms with van der Waals surface area (Å²) in [5.41, 5.74) is 4.54.